The van der Waals surface area contributed by atoms with Crippen LogP contribution in [0.4, 0.5) is 11.4 Å². The van der Waals surface area contributed by atoms with Gasteiger partial charge in [0, 0.05) is 22.7 Å². The largest absolute Gasteiger partial charge is 0.255 e. The molecule has 2 aromatic rings. The molecule has 0 saturated carbocycles. The van der Waals surface area contributed by atoms with Gasteiger partial charge in [-0.25, -0.2) is 0 Å². The Morgan fingerprint density at radius 1 is 0.365 bits per heavy atom. The van der Waals surface area contributed by atoms with Gasteiger partial charge in [0.2, 0.25) is 0 Å². The number of benzene rings is 2. The summed E-state index contributed by atoms with van der Waals surface area (Å²) in [6.45, 7) is 6.87. The van der Waals surface area contributed by atoms with Crippen LogP contribution in [0, 0.1) is 0 Å². The normalized spacial score (nSPS) is 12.1. The molecule has 0 N–H and O–H groups in total. The van der Waals surface area contributed by atoms with Gasteiger partial charge >= 0.3 is 0 Å². The van der Waals surface area contributed by atoms with Crippen LogP contribution in [-0.4, -0.2) is 11.9 Å². The first-order valence-electron chi connectivity index (χ1n) is 27.4. The maximum Gasteiger partial charge on any atom is 0.0665 e. The summed E-state index contributed by atoms with van der Waals surface area (Å²) in [4.78, 5) is 10.3. The van der Waals surface area contributed by atoms with Crippen molar-refractivity contribution in [2.24, 2.45) is 9.98 Å². The van der Waals surface area contributed by atoms with Crippen LogP contribution in [0.25, 0.3) is 0 Å². The molecule has 0 heterocycles. The fraction of sp³-hybridized carbons (Fsp3) is 0.700. The molecule has 0 atom stereocenters. The summed E-state index contributed by atoms with van der Waals surface area (Å²) >= 11 is 0. The summed E-state index contributed by atoms with van der Waals surface area (Å²) in [5.41, 5.74) is 5.93. The quantitative estimate of drug-likeness (QED) is 0.0274. The monoisotopic (exact) mass is 907 g/mol. The van der Waals surface area contributed by atoms with Gasteiger partial charge in [0.1, 0.15) is 0 Å². The van der Waals surface area contributed by atoms with E-state index in [1.165, 1.54) is 217 Å². The molecule has 0 fully saturated rings. The SMILES string of the molecule is CCCCCCCCCCCCCCCCC/C=C/CCc1ccccc1N=CC(CCCC)=Nc1ccccc1CC/C=C/CCCCCCCCCCCCCCCCC.[Ni]. The van der Waals surface area contributed by atoms with Gasteiger partial charge in [0.25, 0.3) is 0 Å². The molecule has 0 aromatic heterocycles. The molecular weight excluding hydrogens is 807 g/mol. The molecule has 2 rings (SSSR count). The van der Waals surface area contributed by atoms with Gasteiger partial charge in [-0.1, -0.05) is 268 Å². The Labute approximate surface area is 402 Å². The first-order chi connectivity index (χ1) is 30.8. The van der Waals surface area contributed by atoms with Crippen LogP contribution in [0.2, 0.25) is 0 Å². The third-order valence-electron chi connectivity index (χ3n) is 12.8. The molecule has 0 aliphatic heterocycles. The molecule has 360 valence electrons. The second-order valence-corrected chi connectivity index (χ2v) is 18.7. The van der Waals surface area contributed by atoms with E-state index in [0.717, 1.165) is 62.0 Å². The topological polar surface area (TPSA) is 24.7 Å². The Bertz CT molecular complexity index is 1390. The van der Waals surface area contributed by atoms with Gasteiger partial charge in [-0.05, 0) is 87.5 Å². The Hall–Kier alpha value is -2.25. The van der Waals surface area contributed by atoms with E-state index in [1.807, 2.05) is 0 Å². The van der Waals surface area contributed by atoms with Crippen molar-refractivity contribution in [3.8, 4) is 0 Å². The second-order valence-electron chi connectivity index (χ2n) is 18.7. The van der Waals surface area contributed by atoms with Gasteiger partial charge in [-0.15, -0.1) is 0 Å². The van der Waals surface area contributed by atoms with Gasteiger partial charge in [0.05, 0.1) is 17.1 Å². The van der Waals surface area contributed by atoms with Crippen molar-refractivity contribution in [2.75, 3.05) is 0 Å². The van der Waals surface area contributed by atoms with E-state index in [-0.39, 0.29) is 16.5 Å². The van der Waals surface area contributed by atoms with Gasteiger partial charge in [0.15, 0.2) is 0 Å². The minimum absolute atomic E-state index is 0. The summed E-state index contributed by atoms with van der Waals surface area (Å²) < 4.78 is 0. The van der Waals surface area contributed by atoms with E-state index in [4.69, 9.17) is 9.98 Å². The first-order valence-corrected chi connectivity index (χ1v) is 27.4. The van der Waals surface area contributed by atoms with Crippen molar-refractivity contribution < 1.29 is 16.5 Å². The number of allylic oxidation sites excluding steroid dienone is 4. The maximum atomic E-state index is 5.23. The zero-order valence-electron chi connectivity index (χ0n) is 41.8. The zero-order chi connectivity index (χ0) is 44.1. The van der Waals surface area contributed by atoms with E-state index in [9.17, 15) is 0 Å². The summed E-state index contributed by atoms with van der Waals surface area (Å²) in [6, 6.07) is 17.4. The van der Waals surface area contributed by atoms with Gasteiger partial charge < -0.3 is 0 Å². The molecule has 0 bridgehead atoms. The number of nitrogens with zero attached hydrogens (tertiary/aromatic N) is 2. The maximum absolute atomic E-state index is 5.23. The fourth-order valence-corrected chi connectivity index (χ4v) is 8.70. The molecule has 0 amide bonds. The van der Waals surface area contributed by atoms with Crippen LogP contribution >= 0.6 is 0 Å². The van der Waals surface area contributed by atoms with Crippen LogP contribution < -0.4 is 0 Å². The molecule has 0 saturated heterocycles. The van der Waals surface area contributed by atoms with E-state index in [0.29, 0.717) is 0 Å². The summed E-state index contributed by atoms with van der Waals surface area (Å²) in [6.07, 6.45) is 64.3. The average molecular weight is 908 g/mol. The van der Waals surface area contributed by atoms with Crippen molar-refractivity contribution in [3.05, 3.63) is 84.0 Å². The van der Waals surface area contributed by atoms with Crippen molar-refractivity contribution in [1.82, 2.24) is 0 Å². The molecule has 0 unspecified atom stereocenters. The number of hydrogen-bond donors (Lipinski definition) is 0. The van der Waals surface area contributed by atoms with Crippen LogP contribution in [0.1, 0.15) is 269 Å². The predicted octanol–water partition coefficient (Wildman–Crippen LogP) is 20.8. The Balaban J connectivity index is 0.0000198. The Kier molecular flexibility index (Phi) is 43.2. The van der Waals surface area contributed by atoms with Crippen molar-refractivity contribution in [3.63, 3.8) is 0 Å². The number of unbranched alkanes of at least 4 members (excludes halogenated alkanes) is 31. The molecule has 0 aliphatic carbocycles. The number of para-hydroxylation sites is 2. The smallest absolute Gasteiger partial charge is 0.0665 e. The van der Waals surface area contributed by atoms with E-state index in [2.05, 4.69) is 99.8 Å². The Morgan fingerprint density at radius 3 is 1.08 bits per heavy atom. The number of aryl methyl sites for hydroxylation is 2. The molecular formula is C60H100N2Ni. The molecule has 2 nitrogen and oxygen atoms in total. The first kappa shape index (κ1) is 58.8. The number of rotatable bonds is 44. The number of aliphatic imine (C=N–C) groups is 2. The van der Waals surface area contributed by atoms with Gasteiger partial charge in [-0.2, -0.15) is 0 Å². The second kappa shape index (κ2) is 46.3. The van der Waals surface area contributed by atoms with E-state index < -0.39 is 0 Å². The van der Waals surface area contributed by atoms with Crippen molar-refractivity contribution >= 4 is 23.3 Å². The van der Waals surface area contributed by atoms with Crippen LogP contribution in [0.15, 0.2) is 82.8 Å². The van der Waals surface area contributed by atoms with Crippen LogP contribution in [0.3, 0.4) is 0 Å². The Morgan fingerprint density at radius 2 is 0.683 bits per heavy atom. The van der Waals surface area contributed by atoms with Crippen LogP contribution in [-0.2, 0) is 29.3 Å². The molecule has 0 radical (unpaired) electrons. The third-order valence-corrected chi connectivity index (χ3v) is 12.8. The zero-order valence-corrected chi connectivity index (χ0v) is 42.8. The van der Waals surface area contributed by atoms with Crippen molar-refractivity contribution in [1.29, 1.82) is 0 Å². The summed E-state index contributed by atoms with van der Waals surface area (Å²) in [7, 11) is 0. The molecule has 0 spiro atoms. The molecule has 2 aromatic carbocycles. The third kappa shape index (κ3) is 35.7. The summed E-state index contributed by atoms with van der Waals surface area (Å²) in [5, 5.41) is 0. The standard InChI is InChI=1S/C60H100N2.Ni/c1-4-7-10-12-14-16-18-20-22-24-26-28-30-32-34-36-38-40-42-48-56-50-44-46-53-59(56)61-55-58(52-9-6-3)62-60-54-47-45-51-57(60)49-43-41-39-37-35-33-31-29-27-25-23-21-19-17-15-13-11-8-5-2;/h38-41,44-47,50-51,53-55H,4-37,42-43,48-49,52H2,1-3H3;/b40-38+,41-39+,61-55?,62-58?;. The minimum Gasteiger partial charge on any atom is -0.255 e. The van der Waals surface area contributed by atoms with E-state index >= 15 is 0 Å². The fourth-order valence-electron chi connectivity index (χ4n) is 8.70. The van der Waals surface area contributed by atoms with Gasteiger partial charge in [-0.3, -0.25) is 9.98 Å². The average Bonchev–Trinajstić information content (AvgIpc) is 3.29. The molecule has 3 heteroatoms. The van der Waals surface area contributed by atoms with Crippen LogP contribution in [0.5, 0.6) is 0 Å². The minimum atomic E-state index is 0. The molecule has 63 heavy (non-hydrogen) atoms. The summed E-state index contributed by atoms with van der Waals surface area (Å²) in [5.74, 6) is 0. The van der Waals surface area contributed by atoms with Crippen molar-refractivity contribution in [2.45, 2.75) is 271 Å². The molecule has 0 aliphatic rings. The van der Waals surface area contributed by atoms with E-state index in [1.54, 1.807) is 0 Å². The number of hydrogen-bond acceptors (Lipinski definition) is 2. The predicted molar refractivity (Wildman–Crippen MR) is 282 cm³/mol.